The van der Waals surface area contributed by atoms with Crippen LogP contribution in [0.2, 0.25) is 0 Å². The number of aliphatic carboxylic acids is 1. The number of benzene rings is 1. The maximum atomic E-state index is 11.1. The van der Waals surface area contributed by atoms with Gasteiger partial charge in [-0.3, -0.25) is 4.79 Å². The van der Waals surface area contributed by atoms with Gasteiger partial charge in [-0.25, -0.2) is 4.79 Å². The van der Waals surface area contributed by atoms with E-state index in [9.17, 15) is 14.4 Å². The first-order valence-corrected chi connectivity index (χ1v) is 7.41. The molecule has 1 aromatic carbocycles. The molecular weight excluding hydrogens is 300 g/mol. The summed E-state index contributed by atoms with van der Waals surface area (Å²) in [7, 11) is 0. The average Bonchev–Trinajstić information content (AvgIpc) is 3.08. The quantitative estimate of drug-likeness (QED) is 0.706. The van der Waals surface area contributed by atoms with Crippen LogP contribution >= 0.6 is 0 Å². The van der Waals surface area contributed by atoms with Gasteiger partial charge in [0.2, 0.25) is 0 Å². The number of nitrogens with one attached hydrogen (secondary N) is 2. The molecule has 1 aliphatic rings. The topological polar surface area (TPSA) is 105 Å². The summed E-state index contributed by atoms with van der Waals surface area (Å²) in [6, 6.07) is 8.36. The number of ether oxygens (including phenoxy) is 1. The van der Waals surface area contributed by atoms with Crippen LogP contribution in [0.4, 0.5) is 4.79 Å². The van der Waals surface area contributed by atoms with Crippen LogP contribution in [0.5, 0.6) is 0 Å². The molecule has 2 rings (SSSR count). The van der Waals surface area contributed by atoms with Crippen LogP contribution in [-0.2, 0) is 20.9 Å². The third kappa shape index (κ3) is 7.96. The largest absolute Gasteiger partial charge is 0.480 e. The second-order valence-corrected chi connectivity index (χ2v) is 5.10. The lowest BCUT2D eigenvalue weighted by molar-refractivity contribution is -0.138. The van der Waals surface area contributed by atoms with E-state index in [1.54, 1.807) is 0 Å². The average molecular weight is 322 g/mol. The molecule has 1 aromatic rings. The van der Waals surface area contributed by atoms with Gasteiger partial charge >= 0.3 is 12.1 Å². The maximum absolute atomic E-state index is 11.1. The molecule has 2 atom stereocenters. The van der Waals surface area contributed by atoms with Crippen molar-refractivity contribution in [1.29, 1.82) is 0 Å². The van der Waals surface area contributed by atoms with Gasteiger partial charge in [0.1, 0.15) is 18.9 Å². The molecule has 1 saturated heterocycles. The molecule has 1 heterocycles. The van der Waals surface area contributed by atoms with Crippen molar-refractivity contribution in [2.75, 3.05) is 6.54 Å². The van der Waals surface area contributed by atoms with Crippen LogP contribution in [0.15, 0.2) is 30.3 Å². The minimum atomic E-state index is -1.10. The van der Waals surface area contributed by atoms with Gasteiger partial charge in [-0.1, -0.05) is 30.3 Å². The Hall–Kier alpha value is -2.41. The molecule has 0 bridgehead atoms. The minimum Gasteiger partial charge on any atom is -0.480 e. The molecule has 0 aliphatic carbocycles. The molecule has 1 aliphatic heterocycles. The molecule has 7 nitrogen and oxygen atoms in total. The lowest BCUT2D eigenvalue weighted by Crippen LogP contribution is -2.38. The summed E-state index contributed by atoms with van der Waals surface area (Å²) >= 11 is 0. The predicted molar refractivity (Wildman–Crippen MR) is 83.9 cm³/mol. The number of amides is 1. The number of rotatable bonds is 5. The van der Waals surface area contributed by atoms with Crippen molar-refractivity contribution in [2.45, 2.75) is 38.5 Å². The number of carboxylic acid groups (broad SMARTS) is 1. The van der Waals surface area contributed by atoms with Gasteiger partial charge in [0.15, 0.2) is 0 Å². The molecule has 2 unspecified atom stereocenters. The fourth-order valence-electron chi connectivity index (χ4n) is 1.83. The summed E-state index contributed by atoms with van der Waals surface area (Å²) in [5.74, 6) is -1.10. The molecule has 23 heavy (non-hydrogen) atoms. The number of carbonyl (C=O) groups is 3. The number of alkyl carbamates (subject to hydrolysis) is 1. The standard InChI is InChI=1S/C11H13NO4.C5H9NO/c1-8(10(13)14)12-11(15)16-7-9-5-3-2-4-6-9;7-4-5-2-1-3-6-5/h2-6,8H,7H2,1H3,(H,12,15)(H,13,14);4-6H,1-3H2. The second-order valence-electron chi connectivity index (χ2n) is 5.10. The molecule has 3 N–H and O–H groups in total. The maximum Gasteiger partial charge on any atom is 0.408 e. The van der Waals surface area contributed by atoms with E-state index in [0.29, 0.717) is 0 Å². The van der Waals surface area contributed by atoms with Crippen molar-refractivity contribution in [3.8, 4) is 0 Å². The summed E-state index contributed by atoms with van der Waals surface area (Å²) in [6.07, 6.45) is 2.43. The van der Waals surface area contributed by atoms with E-state index < -0.39 is 18.1 Å². The second kappa shape index (κ2) is 10.3. The van der Waals surface area contributed by atoms with Crippen LogP contribution in [0.25, 0.3) is 0 Å². The molecule has 126 valence electrons. The van der Waals surface area contributed by atoms with Gasteiger partial charge in [-0.05, 0) is 31.9 Å². The van der Waals surface area contributed by atoms with Crippen LogP contribution < -0.4 is 10.6 Å². The third-order valence-corrected chi connectivity index (χ3v) is 3.18. The van der Waals surface area contributed by atoms with Crippen molar-refractivity contribution in [1.82, 2.24) is 10.6 Å². The number of carbonyl (C=O) groups excluding carboxylic acids is 2. The lowest BCUT2D eigenvalue weighted by Gasteiger charge is -2.09. The molecule has 1 fully saturated rings. The third-order valence-electron chi connectivity index (χ3n) is 3.18. The monoisotopic (exact) mass is 322 g/mol. The summed E-state index contributed by atoms with van der Waals surface area (Å²) < 4.78 is 4.84. The van der Waals surface area contributed by atoms with Gasteiger partial charge in [0.25, 0.3) is 0 Å². The molecule has 0 saturated carbocycles. The summed E-state index contributed by atoms with van der Waals surface area (Å²) in [4.78, 5) is 31.5. The Morgan fingerprint density at radius 2 is 2.13 bits per heavy atom. The smallest absolute Gasteiger partial charge is 0.408 e. The van der Waals surface area contributed by atoms with Crippen molar-refractivity contribution in [3.05, 3.63) is 35.9 Å². The Morgan fingerprint density at radius 1 is 1.43 bits per heavy atom. The first kappa shape index (κ1) is 18.6. The van der Waals surface area contributed by atoms with E-state index in [1.807, 2.05) is 30.3 Å². The van der Waals surface area contributed by atoms with E-state index in [1.165, 1.54) is 6.92 Å². The molecule has 0 radical (unpaired) electrons. The van der Waals surface area contributed by atoms with Crippen molar-refractivity contribution >= 4 is 18.3 Å². The highest BCUT2D eigenvalue weighted by Gasteiger charge is 2.14. The highest BCUT2D eigenvalue weighted by Crippen LogP contribution is 2.01. The van der Waals surface area contributed by atoms with Gasteiger partial charge in [0, 0.05) is 0 Å². The van der Waals surface area contributed by atoms with E-state index in [4.69, 9.17) is 9.84 Å². The number of hydrogen-bond donors (Lipinski definition) is 3. The zero-order valence-corrected chi connectivity index (χ0v) is 13.0. The van der Waals surface area contributed by atoms with Gasteiger partial charge in [-0.15, -0.1) is 0 Å². The Balaban J connectivity index is 0.000000313. The number of aldehydes is 1. The Labute approximate surface area is 135 Å². The molecule has 0 aromatic heterocycles. The van der Waals surface area contributed by atoms with Crippen LogP contribution in [-0.4, -0.2) is 42.1 Å². The van der Waals surface area contributed by atoms with E-state index >= 15 is 0 Å². The Kier molecular flexibility index (Phi) is 8.38. The molecular formula is C16H22N2O5. The Bertz CT molecular complexity index is 500. The predicted octanol–water partition coefficient (Wildman–Crippen LogP) is 1.32. The zero-order chi connectivity index (χ0) is 17.1. The lowest BCUT2D eigenvalue weighted by atomic mass is 10.2. The summed E-state index contributed by atoms with van der Waals surface area (Å²) in [5, 5.41) is 13.8. The number of hydrogen-bond acceptors (Lipinski definition) is 5. The van der Waals surface area contributed by atoms with Gasteiger partial charge in [-0.2, -0.15) is 0 Å². The van der Waals surface area contributed by atoms with E-state index in [2.05, 4.69) is 10.6 Å². The van der Waals surface area contributed by atoms with Crippen LogP contribution in [0.3, 0.4) is 0 Å². The van der Waals surface area contributed by atoms with Crippen molar-refractivity contribution in [2.24, 2.45) is 0 Å². The van der Waals surface area contributed by atoms with Gasteiger partial charge < -0.3 is 25.3 Å². The van der Waals surface area contributed by atoms with E-state index in [0.717, 1.165) is 31.2 Å². The fourth-order valence-corrected chi connectivity index (χ4v) is 1.83. The summed E-state index contributed by atoms with van der Waals surface area (Å²) in [6.45, 7) is 2.51. The normalized spacial score (nSPS) is 17.3. The minimum absolute atomic E-state index is 0.124. The zero-order valence-electron chi connectivity index (χ0n) is 13.0. The van der Waals surface area contributed by atoms with E-state index in [-0.39, 0.29) is 12.6 Å². The van der Waals surface area contributed by atoms with Crippen molar-refractivity contribution < 1.29 is 24.2 Å². The Morgan fingerprint density at radius 3 is 2.61 bits per heavy atom. The highest BCUT2D eigenvalue weighted by atomic mass is 16.5. The molecule has 0 spiro atoms. The van der Waals surface area contributed by atoms with Crippen molar-refractivity contribution in [3.63, 3.8) is 0 Å². The fraction of sp³-hybridized carbons (Fsp3) is 0.438. The first-order chi connectivity index (χ1) is 11.0. The van der Waals surface area contributed by atoms with Crippen LogP contribution in [0.1, 0.15) is 25.3 Å². The first-order valence-electron chi connectivity index (χ1n) is 7.41. The summed E-state index contributed by atoms with van der Waals surface area (Å²) in [5.41, 5.74) is 0.848. The molecule has 1 amide bonds. The van der Waals surface area contributed by atoms with Crippen LogP contribution in [0, 0.1) is 0 Å². The SMILES string of the molecule is CC(NC(=O)OCc1ccccc1)C(=O)O.O=CC1CCCN1. The van der Waals surface area contributed by atoms with Gasteiger partial charge in [0.05, 0.1) is 6.04 Å². The highest BCUT2D eigenvalue weighted by molar-refractivity contribution is 5.79. The molecule has 7 heteroatoms. The number of carboxylic acids is 1.